The first-order valence-corrected chi connectivity index (χ1v) is 11.4. The highest BCUT2D eigenvalue weighted by Crippen LogP contribution is 2.49. The van der Waals surface area contributed by atoms with Crippen LogP contribution in [-0.2, 0) is 14.3 Å². The molecule has 2 aromatic rings. The van der Waals surface area contributed by atoms with Crippen molar-refractivity contribution in [1.82, 2.24) is 0 Å². The van der Waals surface area contributed by atoms with E-state index in [1.165, 1.54) is 19.8 Å². The molecule has 5 heteroatoms. The Bertz CT molecular complexity index is 1080. The van der Waals surface area contributed by atoms with E-state index in [2.05, 4.69) is 41.7 Å². The summed E-state index contributed by atoms with van der Waals surface area (Å²) in [6, 6.07) is 12.4. The number of rotatable bonds is 7. The maximum absolute atomic E-state index is 11.4. The first-order chi connectivity index (χ1) is 15.4. The van der Waals surface area contributed by atoms with Crippen molar-refractivity contribution in [3.05, 3.63) is 65.8 Å². The number of allylic oxidation sites excluding steroid dienone is 2. The van der Waals surface area contributed by atoms with Crippen molar-refractivity contribution in [3.8, 4) is 0 Å². The van der Waals surface area contributed by atoms with Gasteiger partial charge in [0.2, 0.25) is 5.91 Å². The van der Waals surface area contributed by atoms with Crippen molar-refractivity contribution in [3.63, 3.8) is 0 Å². The molecule has 2 aliphatic rings. The Labute approximate surface area is 189 Å². The van der Waals surface area contributed by atoms with E-state index in [-0.39, 0.29) is 18.2 Å². The summed E-state index contributed by atoms with van der Waals surface area (Å²) in [4.78, 5) is 22.5. The number of hydrogen-bond donors (Lipinski definition) is 2. The van der Waals surface area contributed by atoms with E-state index in [4.69, 9.17) is 9.84 Å². The van der Waals surface area contributed by atoms with E-state index in [9.17, 15) is 9.59 Å². The zero-order valence-electron chi connectivity index (χ0n) is 18.8. The standard InChI is InChI=1S/C27H31NO4/c1-18(29)28-24-11-10-20-16-22(9-8-21(20)17-24)25-15-19(7-12-26(30)31)13-14-27(25,32-2)23-5-3-4-6-23/h8-11,13-17,23,25H,3-7,12H2,1-2H3,(H,28,29)(H,30,31). The lowest BCUT2D eigenvalue weighted by atomic mass is 9.69. The second-order valence-electron chi connectivity index (χ2n) is 8.99. The molecule has 0 aliphatic heterocycles. The Morgan fingerprint density at radius 3 is 2.53 bits per heavy atom. The third-order valence-electron chi connectivity index (χ3n) is 6.94. The highest BCUT2D eigenvalue weighted by Gasteiger charge is 2.46. The second kappa shape index (κ2) is 9.29. The van der Waals surface area contributed by atoms with E-state index < -0.39 is 11.6 Å². The number of carboxylic acid groups (broad SMARTS) is 1. The summed E-state index contributed by atoms with van der Waals surface area (Å²) in [5, 5.41) is 14.1. The fourth-order valence-electron chi connectivity index (χ4n) is 5.38. The smallest absolute Gasteiger partial charge is 0.303 e. The minimum absolute atomic E-state index is 0.0174. The molecule has 0 saturated heterocycles. The van der Waals surface area contributed by atoms with Gasteiger partial charge >= 0.3 is 5.97 Å². The van der Waals surface area contributed by atoms with Crippen LogP contribution < -0.4 is 5.32 Å². The van der Waals surface area contributed by atoms with Crippen LogP contribution in [0.25, 0.3) is 10.8 Å². The topological polar surface area (TPSA) is 75.6 Å². The van der Waals surface area contributed by atoms with Gasteiger partial charge in [-0.25, -0.2) is 0 Å². The first-order valence-electron chi connectivity index (χ1n) is 11.4. The van der Waals surface area contributed by atoms with Crippen molar-refractivity contribution < 1.29 is 19.4 Å². The van der Waals surface area contributed by atoms with Crippen molar-refractivity contribution in [1.29, 1.82) is 0 Å². The Kier molecular flexibility index (Phi) is 6.47. The molecule has 0 radical (unpaired) electrons. The average molecular weight is 434 g/mol. The summed E-state index contributed by atoms with van der Waals surface area (Å²) in [7, 11) is 1.80. The van der Waals surface area contributed by atoms with Crippen LogP contribution in [0.5, 0.6) is 0 Å². The van der Waals surface area contributed by atoms with Crippen LogP contribution >= 0.6 is 0 Å². The second-order valence-corrected chi connectivity index (χ2v) is 8.99. The molecule has 0 spiro atoms. The van der Waals surface area contributed by atoms with E-state index in [0.717, 1.165) is 40.4 Å². The molecule has 0 heterocycles. The fraction of sp³-hybridized carbons (Fsp3) is 0.407. The molecule has 2 N–H and O–H groups in total. The molecule has 32 heavy (non-hydrogen) atoms. The van der Waals surface area contributed by atoms with Gasteiger partial charge in [-0.3, -0.25) is 9.59 Å². The molecule has 1 fully saturated rings. The number of ether oxygens (including phenoxy) is 1. The van der Waals surface area contributed by atoms with Crippen LogP contribution in [-0.4, -0.2) is 29.7 Å². The Balaban J connectivity index is 1.74. The lowest BCUT2D eigenvalue weighted by molar-refractivity contribution is -0.136. The fourth-order valence-corrected chi connectivity index (χ4v) is 5.38. The van der Waals surface area contributed by atoms with E-state index in [1.54, 1.807) is 7.11 Å². The summed E-state index contributed by atoms with van der Waals surface area (Å²) in [5.41, 5.74) is 2.57. The van der Waals surface area contributed by atoms with Crippen LogP contribution in [0, 0.1) is 5.92 Å². The van der Waals surface area contributed by atoms with Gasteiger partial charge in [-0.05, 0) is 53.6 Å². The van der Waals surface area contributed by atoms with Gasteiger partial charge < -0.3 is 15.2 Å². The summed E-state index contributed by atoms with van der Waals surface area (Å²) in [5.74, 6) is -0.418. The number of carbonyl (C=O) groups is 2. The number of methoxy groups -OCH3 is 1. The van der Waals surface area contributed by atoms with Gasteiger partial charge in [0.15, 0.2) is 0 Å². The molecule has 2 unspecified atom stereocenters. The molecule has 2 atom stereocenters. The summed E-state index contributed by atoms with van der Waals surface area (Å²) in [6.45, 7) is 1.51. The third kappa shape index (κ3) is 4.49. The predicted octanol–water partition coefficient (Wildman–Crippen LogP) is 5.82. The number of fused-ring (bicyclic) bond motifs is 1. The molecule has 0 aromatic heterocycles. The number of carboxylic acids is 1. The highest BCUT2D eigenvalue weighted by atomic mass is 16.5. The first kappa shape index (κ1) is 22.3. The van der Waals surface area contributed by atoms with Crippen molar-refractivity contribution >= 4 is 28.3 Å². The zero-order valence-corrected chi connectivity index (χ0v) is 18.8. The lowest BCUT2D eigenvalue weighted by Gasteiger charge is -2.43. The Morgan fingerprint density at radius 1 is 1.12 bits per heavy atom. The average Bonchev–Trinajstić information content (AvgIpc) is 3.32. The summed E-state index contributed by atoms with van der Waals surface area (Å²) < 4.78 is 6.28. The molecule has 1 saturated carbocycles. The highest BCUT2D eigenvalue weighted by molar-refractivity contribution is 5.93. The van der Waals surface area contributed by atoms with Crippen LogP contribution in [0.15, 0.2) is 60.2 Å². The molecule has 2 aromatic carbocycles. The van der Waals surface area contributed by atoms with Gasteiger partial charge in [0, 0.05) is 32.1 Å². The van der Waals surface area contributed by atoms with E-state index in [0.29, 0.717) is 12.3 Å². The predicted molar refractivity (Wildman–Crippen MR) is 127 cm³/mol. The molecule has 0 bridgehead atoms. The quantitative estimate of drug-likeness (QED) is 0.577. The van der Waals surface area contributed by atoms with Crippen molar-refractivity contribution in [2.75, 3.05) is 12.4 Å². The summed E-state index contributed by atoms with van der Waals surface area (Å²) in [6.07, 6.45) is 11.8. The third-order valence-corrected chi connectivity index (χ3v) is 6.94. The van der Waals surface area contributed by atoms with Gasteiger partial charge in [-0.2, -0.15) is 0 Å². The Morgan fingerprint density at radius 2 is 1.84 bits per heavy atom. The number of nitrogens with one attached hydrogen (secondary N) is 1. The maximum Gasteiger partial charge on any atom is 0.303 e. The van der Waals surface area contributed by atoms with Gasteiger partial charge in [0.1, 0.15) is 0 Å². The number of hydrogen-bond acceptors (Lipinski definition) is 3. The molecule has 2 aliphatic carbocycles. The molecular weight excluding hydrogens is 402 g/mol. The lowest BCUT2D eigenvalue weighted by Crippen LogP contribution is -2.43. The van der Waals surface area contributed by atoms with Crippen LogP contribution in [0.1, 0.15) is 56.9 Å². The van der Waals surface area contributed by atoms with Crippen LogP contribution in [0.4, 0.5) is 5.69 Å². The van der Waals surface area contributed by atoms with Gasteiger partial charge in [-0.15, -0.1) is 0 Å². The molecule has 168 valence electrons. The van der Waals surface area contributed by atoms with Crippen molar-refractivity contribution in [2.45, 2.75) is 57.0 Å². The maximum atomic E-state index is 11.4. The SMILES string of the molecule is COC1(C2CCCC2)C=CC(CCC(=O)O)=CC1c1ccc2cc(NC(C)=O)ccc2c1. The number of anilines is 1. The van der Waals surface area contributed by atoms with Crippen LogP contribution in [0.2, 0.25) is 0 Å². The largest absolute Gasteiger partial charge is 0.481 e. The van der Waals surface area contributed by atoms with Gasteiger partial charge in [0.05, 0.1) is 5.60 Å². The molecule has 1 amide bonds. The Hall–Kier alpha value is -2.92. The monoisotopic (exact) mass is 433 g/mol. The molecular formula is C27H31NO4. The minimum Gasteiger partial charge on any atom is -0.481 e. The number of carbonyl (C=O) groups excluding carboxylic acids is 1. The minimum atomic E-state index is -0.782. The number of benzene rings is 2. The zero-order chi connectivity index (χ0) is 22.7. The molecule has 5 nitrogen and oxygen atoms in total. The van der Waals surface area contributed by atoms with E-state index in [1.807, 2.05) is 18.2 Å². The number of aliphatic carboxylic acids is 1. The van der Waals surface area contributed by atoms with E-state index >= 15 is 0 Å². The normalized spacial score (nSPS) is 23.3. The number of amides is 1. The summed E-state index contributed by atoms with van der Waals surface area (Å²) >= 11 is 0. The molecule has 4 rings (SSSR count). The van der Waals surface area contributed by atoms with Crippen LogP contribution in [0.3, 0.4) is 0 Å². The van der Waals surface area contributed by atoms with Gasteiger partial charge in [-0.1, -0.05) is 60.9 Å². The van der Waals surface area contributed by atoms with Gasteiger partial charge in [0.25, 0.3) is 0 Å². The van der Waals surface area contributed by atoms with Crippen molar-refractivity contribution in [2.24, 2.45) is 5.92 Å².